The SMILES string of the molecule is CN(C(=O)N1CCCC1)c1cccc2ncccc12. The van der Waals surface area contributed by atoms with Crippen LogP contribution in [0.25, 0.3) is 10.9 Å². The minimum atomic E-state index is 0.0776. The Kier molecular flexibility index (Phi) is 3.07. The highest BCUT2D eigenvalue weighted by molar-refractivity contribution is 6.01. The van der Waals surface area contributed by atoms with Gasteiger partial charge in [0.2, 0.25) is 0 Å². The van der Waals surface area contributed by atoms with E-state index in [0.717, 1.165) is 42.5 Å². The molecule has 1 fully saturated rings. The number of urea groups is 1. The summed E-state index contributed by atoms with van der Waals surface area (Å²) < 4.78 is 0. The van der Waals surface area contributed by atoms with Crippen molar-refractivity contribution in [2.75, 3.05) is 25.0 Å². The number of hydrogen-bond acceptors (Lipinski definition) is 2. The Morgan fingerprint density at radius 1 is 1.21 bits per heavy atom. The van der Waals surface area contributed by atoms with Crippen molar-refractivity contribution in [3.8, 4) is 0 Å². The third kappa shape index (κ3) is 2.14. The maximum atomic E-state index is 12.4. The molecule has 0 spiro atoms. The number of nitrogens with zero attached hydrogens (tertiary/aromatic N) is 3. The Balaban J connectivity index is 1.97. The maximum Gasteiger partial charge on any atom is 0.324 e. The van der Waals surface area contributed by atoms with Crippen molar-refractivity contribution in [2.24, 2.45) is 0 Å². The maximum absolute atomic E-state index is 12.4. The van der Waals surface area contributed by atoms with Gasteiger partial charge in [-0.3, -0.25) is 9.88 Å². The number of hydrogen-bond donors (Lipinski definition) is 0. The lowest BCUT2D eigenvalue weighted by molar-refractivity contribution is 0.217. The molecule has 4 nitrogen and oxygen atoms in total. The molecule has 4 heteroatoms. The number of carbonyl (C=O) groups is 1. The molecule has 0 unspecified atom stereocenters. The van der Waals surface area contributed by atoms with E-state index in [1.54, 1.807) is 11.1 Å². The molecular weight excluding hydrogens is 238 g/mol. The van der Waals surface area contributed by atoms with Gasteiger partial charge < -0.3 is 4.90 Å². The zero-order chi connectivity index (χ0) is 13.2. The molecule has 2 aromatic rings. The second-order valence-corrected chi connectivity index (χ2v) is 4.88. The van der Waals surface area contributed by atoms with Crippen molar-refractivity contribution in [1.82, 2.24) is 9.88 Å². The van der Waals surface area contributed by atoms with Crippen LogP contribution in [0, 0.1) is 0 Å². The monoisotopic (exact) mass is 255 g/mol. The molecule has 3 rings (SSSR count). The molecule has 2 amide bonds. The van der Waals surface area contributed by atoms with Crippen LogP contribution >= 0.6 is 0 Å². The second kappa shape index (κ2) is 4.88. The Hall–Kier alpha value is -2.10. The van der Waals surface area contributed by atoms with Crippen LogP contribution in [0.1, 0.15) is 12.8 Å². The van der Waals surface area contributed by atoms with Gasteiger partial charge in [-0.25, -0.2) is 4.79 Å². The Labute approximate surface area is 112 Å². The number of aromatic nitrogens is 1. The second-order valence-electron chi connectivity index (χ2n) is 4.88. The number of carbonyl (C=O) groups excluding carboxylic acids is 1. The quantitative estimate of drug-likeness (QED) is 0.785. The van der Waals surface area contributed by atoms with Gasteiger partial charge in [0.1, 0.15) is 0 Å². The first-order valence-corrected chi connectivity index (χ1v) is 6.64. The molecule has 98 valence electrons. The molecule has 0 aliphatic carbocycles. The molecule has 1 aliphatic heterocycles. The average Bonchev–Trinajstić information content (AvgIpc) is 2.99. The number of fused-ring (bicyclic) bond motifs is 1. The minimum Gasteiger partial charge on any atom is -0.324 e. The number of anilines is 1. The average molecular weight is 255 g/mol. The Morgan fingerprint density at radius 2 is 2.00 bits per heavy atom. The van der Waals surface area contributed by atoms with Crippen molar-refractivity contribution >= 4 is 22.6 Å². The van der Waals surface area contributed by atoms with Gasteiger partial charge in [-0.15, -0.1) is 0 Å². The normalized spacial score (nSPS) is 14.9. The van der Waals surface area contributed by atoms with Gasteiger partial charge in [-0.05, 0) is 37.1 Å². The summed E-state index contributed by atoms with van der Waals surface area (Å²) in [6, 6.07) is 9.86. The van der Waals surface area contributed by atoms with Crippen LogP contribution in [0.5, 0.6) is 0 Å². The van der Waals surface area contributed by atoms with E-state index in [9.17, 15) is 4.79 Å². The number of likely N-dealkylation sites (tertiary alicyclic amines) is 1. The van der Waals surface area contributed by atoms with Crippen LogP contribution in [0.4, 0.5) is 10.5 Å². The largest absolute Gasteiger partial charge is 0.324 e. The third-order valence-electron chi connectivity index (χ3n) is 3.65. The molecule has 2 heterocycles. The van der Waals surface area contributed by atoms with Gasteiger partial charge in [0.25, 0.3) is 0 Å². The first-order chi connectivity index (χ1) is 9.27. The summed E-state index contributed by atoms with van der Waals surface area (Å²) in [7, 11) is 1.84. The van der Waals surface area contributed by atoms with Gasteiger partial charge in [-0.2, -0.15) is 0 Å². The highest BCUT2D eigenvalue weighted by Crippen LogP contribution is 2.25. The van der Waals surface area contributed by atoms with Crippen molar-refractivity contribution in [3.63, 3.8) is 0 Å². The molecule has 1 aromatic heterocycles. The Bertz CT molecular complexity index is 600. The summed E-state index contributed by atoms with van der Waals surface area (Å²) in [5.74, 6) is 0. The van der Waals surface area contributed by atoms with Gasteiger partial charge in [0.05, 0.1) is 11.2 Å². The zero-order valence-corrected chi connectivity index (χ0v) is 11.0. The van der Waals surface area contributed by atoms with Crippen LogP contribution in [-0.4, -0.2) is 36.1 Å². The highest BCUT2D eigenvalue weighted by atomic mass is 16.2. The smallest absolute Gasteiger partial charge is 0.324 e. The molecule has 0 N–H and O–H groups in total. The lowest BCUT2D eigenvalue weighted by Crippen LogP contribution is -2.39. The molecule has 0 radical (unpaired) electrons. The molecule has 0 atom stereocenters. The van der Waals surface area contributed by atoms with Gasteiger partial charge in [0.15, 0.2) is 0 Å². The van der Waals surface area contributed by atoms with Crippen LogP contribution in [0.15, 0.2) is 36.5 Å². The van der Waals surface area contributed by atoms with Gasteiger partial charge in [0, 0.05) is 31.7 Å². The fourth-order valence-corrected chi connectivity index (χ4v) is 2.60. The summed E-state index contributed by atoms with van der Waals surface area (Å²) in [6.07, 6.45) is 3.99. The predicted molar refractivity (Wildman–Crippen MR) is 76.3 cm³/mol. The van der Waals surface area contributed by atoms with Crippen molar-refractivity contribution < 1.29 is 4.79 Å². The fourth-order valence-electron chi connectivity index (χ4n) is 2.60. The number of benzene rings is 1. The van der Waals surface area contributed by atoms with Crippen LogP contribution in [0.2, 0.25) is 0 Å². The van der Waals surface area contributed by atoms with E-state index in [1.165, 1.54) is 0 Å². The summed E-state index contributed by atoms with van der Waals surface area (Å²) in [5.41, 5.74) is 1.84. The van der Waals surface area contributed by atoms with Crippen molar-refractivity contribution in [3.05, 3.63) is 36.5 Å². The number of rotatable bonds is 1. The van der Waals surface area contributed by atoms with Gasteiger partial charge >= 0.3 is 6.03 Å². The van der Waals surface area contributed by atoms with Crippen LogP contribution in [-0.2, 0) is 0 Å². The van der Waals surface area contributed by atoms with E-state index < -0.39 is 0 Å². The summed E-state index contributed by atoms with van der Waals surface area (Å²) in [4.78, 5) is 20.4. The first kappa shape index (κ1) is 12.0. The van der Waals surface area contributed by atoms with Crippen LogP contribution < -0.4 is 4.90 Å². The fraction of sp³-hybridized carbons (Fsp3) is 0.333. The third-order valence-corrected chi connectivity index (χ3v) is 3.65. The topological polar surface area (TPSA) is 36.4 Å². The summed E-state index contributed by atoms with van der Waals surface area (Å²) >= 11 is 0. The van der Waals surface area contributed by atoms with E-state index >= 15 is 0 Å². The predicted octanol–water partition coefficient (Wildman–Crippen LogP) is 2.89. The molecule has 1 aliphatic rings. The van der Waals surface area contributed by atoms with Crippen molar-refractivity contribution in [1.29, 1.82) is 0 Å². The van der Waals surface area contributed by atoms with E-state index in [4.69, 9.17) is 0 Å². The minimum absolute atomic E-state index is 0.0776. The molecule has 1 saturated heterocycles. The first-order valence-electron chi connectivity index (χ1n) is 6.64. The standard InChI is InChI=1S/C15H17N3O/c1-17(15(19)18-10-2-3-11-18)14-8-4-7-13-12(14)6-5-9-16-13/h4-9H,2-3,10-11H2,1H3. The summed E-state index contributed by atoms with van der Waals surface area (Å²) in [5, 5.41) is 1.01. The molecule has 0 bridgehead atoms. The molecular formula is C15H17N3O. The van der Waals surface area contributed by atoms with Crippen molar-refractivity contribution in [2.45, 2.75) is 12.8 Å². The lowest BCUT2D eigenvalue weighted by Gasteiger charge is -2.25. The highest BCUT2D eigenvalue weighted by Gasteiger charge is 2.22. The van der Waals surface area contributed by atoms with Gasteiger partial charge in [-0.1, -0.05) is 6.07 Å². The molecule has 0 saturated carbocycles. The van der Waals surface area contributed by atoms with E-state index in [-0.39, 0.29) is 6.03 Å². The number of amides is 2. The summed E-state index contributed by atoms with van der Waals surface area (Å²) in [6.45, 7) is 1.73. The Morgan fingerprint density at radius 3 is 2.79 bits per heavy atom. The molecule has 19 heavy (non-hydrogen) atoms. The number of pyridine rings is 1. The van der Waals surface area contributed by atoms with E-state index in [1.807, 2.05) is 42.3 Å². The lowest BCUT2D eigenvalue weighted by atomic mass is 10.1. The van der Waals surface area contributed by atoms with E-state index in [0.29, 0.717) is 0 Å². The zero-order valence-electron chi connectivity index (χ0n) is 11.0. The molecule has 1 aromatic carbocycles. The van der Waals surface area contributed by atoms with E-state index in [2.05, 4.69) is 4.98 Å². The van der Waals surface area contributed by atoms with Crippen LogP contribution in [0.3, 0.4) is 0 Å².